The summed E-state index contributed by atoms with van der Waals surface area (Å²) in [7, 11) is 0. The number of aromatic nitrogens is 2. The number of piperazine rings is 1. The van der Waals surface area contributed by atoms with E-state index in [9.17, 15) is 10.1 Å². The molecule has 0 aliphatic carbocycles. The second kappa shape index (κ2) is 9.67. The predicted octanol–water partition coefficient (Wildman–Crippen LogP) is 3.21. The summed E-state index contributed by atoms with van der Waals surface area (Å²) in [4.78, 5) is 26.6. The Morgan fingerprint density at radius 3 is 2.17 bits per heavy atom. The molecule has 0 unspecified atom stereocenters. The Hall–Kier alpha value is -3.00. The van der Waals surface area contributed by atoms with Crippen molar-refractivity contribution in [2.24, 2.45) is 0 Å². The van der Waals surface area contributed by atoms with Crippen LogP contribution >= 0.6 is 0 Å². The molecule has 2 fully saturated rings. The molecule has 1 aromatic carbocycles. The third-order valence-electron chi connectivity index (χ3n) is 5.77. The van der Waals surface area contributed by atoms with Crippen LogP contribution < -0.4 is 9.80 Å². The van der Waals surface area contributed by atoms with Crippen LogP contribution in [0.3, 0.4) is 0 Å². The van der Waals surface area contributed by atoms with Crippen LogP contribution in [0.2, 0.25) is 0 Å². The molecule has 158 valence electrons. The van der Waals surface area contributed by atoms with Crippen LogP contribution in [0.1, 0.15) is 24.8 Å². The number of nitro groups is 1. The average Bonchev–Trinajstić information content (AvgIpc) is 2.80. The molecule has 8 nitrogen and oxygen atoms in total. The van der Waals surface area contributed by atoms with Crippen molar-refractivity contribution < 1.29 is 4.92 Å². The maximum atomic E-state index is 11.9. The van der Waals surface area contributed by atoms with Crippen LogP contribution in [0.25, 0.3) is 6.08 Å². The third-order valence-corrected chi connectivity index (χ3v) is 5.77. The summed E-state index contributed by atoms with van der Waals surface area (Å²) in [5.74, 6) is 0.924. The van der Waals surface area contributed by atoms with E-state index in [4.69, 9.17) is 0 Å². The molecule has 30 heavy (non-hydrogen) atoms. The molecule has 0 radical (unpaired) electrons. The van der Waals surface area contributed by atoms with Crippen molar-refractivity contribution in [1.82, 2.24) is 14.9 Å². The van der Waals surface area contributed by atoms with E-state index in [1.54, 1.807) is 0 Å². The minimum Gasteiger partial charge on any atom is -0.351 e. The highest BCUT2D eigenvalue weighted by atomic mass is 16.6. The van der Waals surface area contributed by atoms with Gasteiger partial charge in [0.1, 0.15) is 6.33 Å². The number of hydrogen-bond donors (Lipinski definition) is 0. The largest absolute Gasteiger partial charge is 0.353 e. The summed E-state index contributed by atoms with van der Waals surface area (Å²) in [5.41, 5.74) is 1.25. The van der Waals surface area contributed by atoms with E-state index >= 15 is 0 Å². The van der Waals surface area contributed by atoms with E-state index in [2.05, 4.69) is 39.2 Å². The molecule has 0 N–H and O–H groups in total. The van der Waals surface area contributed by atoms with E-state index in [-0.39, 0.29) is 10.6 Å². The topological polar surface area (TPSA) is 78.6 Å². The minimum atomic E-state index is -0.311. The van der Waals surface area contributed by atoms with Gasteiger partial charge in [-0.25, -0.2) is 9.97 Å². The maximum Gasteiger partial charge on any atom is 0.353 e. The van der Waals surface area contributed by atoms with Crippen molar-refractivity contribution in [3.8, 4) is 0 Å². The molecule has 0 spiro atoms. The van der Waals surface area contributed by atoms with Crippen molar-refractivity contribution in [2.75, 3.05) is 55.6 Å². The zero-order chi connectivity index (χ0) is 20.8. The Kier molecular flexibility index (Phi) is 6.53. The number of benzene rings is 1. The van der Waals surface area contributed by atoms with E-state index in [1.807, 2.05) is 28.0 Å². The Morgan fingerprint density at radius 2 is 1.53 bits per heavy atom. The first-order valence-electron chi connectivity index (χ1n) is 10.7. The van der Waals surface area contributed by atoms with Gasteiger partial charge in [-0.05, 0) is 24.8 Å². The lowest BCUT2D eigenvalue weighted by molar-refractivity contribution is -0.383. The van der Waals surface area contributed by atoms with Gasteiger partial charge in [0, 0.05) is 45.8 Å². The molecule has 1 aromatic heterocycles. The van der Waals surface area contributed by atoms with E-state index < -0.39 is 0 Å². The number of rotatable bonds is 6. The minimum absolute atomic E-state index is 0.0526. The molecule has 2 aromatic rings. The van der Waals surface area contributed by atoms with Crippen LogP contribution in [-0.2, 0) is 0 Å². The first-order chi connectivity index (χ1) is 14.7. The van der Waals surface area contributed by atoms with Crippen molar-refractivity contribution >= 4 is 23.4 Å². The molecule has 0 amide bonds. The molecule has 2 aliphatic rings. The van der Waals surface area contributed by atoms with Crippen LogP contribution in [0.5, 0.6) is 0 Å². The second-order valence-electron chi connectivity index (χ2n) is 7.78. The van der Waals surface area contributed by atoms with Crippen molar-refractivity contribution in [3.05, 3.63) is 58.4 Å². The van der Waals surface area contributed by atoms with Gasteiger partial charge in [-0.2, -0.15) is 0 Å². The third kappa shape index (κ3) is 4.76. The number of hydrogen-bond acceptors (Lipinski definition) is 7. The van der Waals surface area contributed by atoms with Gasteiger partial charge in [-0.1, -0.05) is 42.5 Å². The fourth-order valence-corrected chi connectivity index (χ4v) is 4.14. The number of anilines is 2. The highest BCUT2D eigenvalue weighted by molar-refractivity contribution is 5.71. The monoisotopic (exact) mass is 408 g/mol. The Bertz CT molecular complexity index is 874. The molecule has 0 saturated carbocycles. The predicted molar refractivity (Wildman–Crippen MR) is 119 cm³/mol. The van der Waals surface area contributed by atoms with Gasteiger partial charge in [0.05, 0.1) is 4.92 Å². The average molecular weight is 409 g/mol. The summed E-state index contributed by atoms with van der Waals surface area (Å²) < 4.78 is 0. The highest BCUT2D eigenvalue weighted by Gasteiger charge is 2.31. The summed E-state index contributed by atoms with van der Waals surface area (Å²) in [6.07, 6.45) is 9.04. The number of nitrogens with zero attached hydrogens (tertiary/aromatic N) is 6. The van der Waals surface area contributed by atoms with Crippen molar-refractivity contribution in [1.29, 1.82) is 0 Å². The fraction of sp³-hybridized carbons (Fsp3) is 0.455. The van der Waals surface area contributed by atoms with Crippen molar-refractivity contribution in [2.45, 2.75) is 19.3 Å². The molecular formula is C22H28N6O2. The summed E-state index contributed by atoms with van der Waals surface area (Å²) in [6.45, 7) is 5.64. The molecule has 2 saturated heterocycles. The van der Waals surface area contributed by atoms with Gasteiger partial charge < -0.3 is 9.80 Å². The zero-order valence-corrected chi connectivity index (χ0v) is 17.2. The Labute approximate surface area is 177 Å². The molecule has 8 heteroatoms. The summed E-state index contributed by atoms with van der Waals surface area (Å²) in [6, 6.07) is 10.3. The van der Waals surface area contributed by atoms with Crippen LogP contribution in [0.4, 0.5) is 17.3 Å². The van der Waals surface area contributed by atoms with Gasteiger partial charge >= 0.3 is 5.69 Å². The lowest BCUT2D eigenvalue weighted by Gasteiger charge is -2.35. The van der Waals surface area contributed by atoms with Crippen LogP contribution in [0.15, 0.2) is 42.7 Å². The first kappa shape index (κ1) is 20.3. The quantitative estimate of drug-likeness (QED) is 0.536. The molecule has 0 atom stereocenters. The molecule has 3 heterocycles. The summed E-state index contributed by atoms with van der Waals surface area (Å²) >= 11 is 0. The van der Waals surface area contributed by atoms with E-state index in [0.29, 0.717) is 11.6 Å². The molecule has 4 rings (SSSR count). The van der Waals surface area contributed by atoms with Gasteiger partial charge in [0.2, 0.25) is 11.6 Å². The van der Waals surface area contributed by atoms with Gasteiger partial charge in [0.25, 0.3) is 0 Å². The van der Waals surface area contributed by atoms with Gasteiger partial charge in [-0.3, -0.25) is 15.0 Å². The number of piperidine rings is 1. The highest BCUT2D eigenvalue weighted by Crippen LogP contribution is 2.35. The molecule has 0 bridgehead atoms. The Morgan fingerprint density at radius 1 is 0.900 bits per heavy atom. The lowest BCUT2D eigenvalue weighted by atomic mass is 10.1. The van der Waals surface area contributed by atoms with Crippen LogP contribution in [0, 0.1) is 10.1 Å². The second-order valence-corrected chi connectivity index (χ2v) is 7.78. The fourth-order valence-electron chi connectivity index (χ4n) is 4.14. The van der Waals surface area contributed by atoms with Gasteiger partial charge in [0.15, 0.2) is 0 Å². The van der Waals surface area contributed by atoms with Crippen LogP contribution in [-0.4, -0.2) is 65.6 Å². The molecule has 2 aliphatic heterocycles. The van der Waals surface area contributed by atoms with E-state index in [1.165, 1.54) is 18.3 Å². The first-order valence-corrected chi connectivity index (χ1v) is 10.7. The standard InChI is InChI=1S/C22H28N6O2/c29-28(30)20-21(26-12-5-2-6-13-26)23-18-24-22(20)27-16-14-25(15-17-27)11-7-10-19-8-3-1-4-9-19/h1,3-4,7-10,18H,2,5-6,11-17H2. The Balaban J connectivity index is 1.41. The smallest absolute Gasteiger partial charge is 0.351 e. The maximum absolute atomic E-state index is 11.9. The normalized spacial score (nSPS) is 18.1. The van der Waals surface area contributed by atoms with Crippen molar-refractivity contribution in [3.63, 3.8) is 0 Å². The van der Waals surface area contributed by atoms with E-state index in [0.717, 1.165) is 58.7 Å². The SMILES string of the molecule is O=[N+]([O-])c1c(N2CCCCC2)ncnc1N1CCN(CC=Cc2ccccc2)CC1. The lowest BCUT2D eigenvalue weighted by Crippen LogP contribution is -2.47. The zero-order valence-electron chi connectivity index (χ0n) is 17.2. The van der Waals surface area contributed by atoms with Gasteiger partial charge in [-0.15, -0.1) is 0 Å². The molecular weight excluding hydrogens is 380 g/mol. The summed E-state index contributed by atoms with van der Waals surface area (Å²) in [5, 5.41) is 11.9.